The summed E-state index contributed by atoms with van der Waals surface area (Å²) < 4.78 is 38.7. The Morgan fingerprint density at radius 1 is 1.24 bits per heavy atom. The second kappa shape index (κ2) is 6.74. The van der Waals surface area contributed by atoms with Crippen LogP contribution in [0.5, 0.6) is 0 Å². The van der Waals surface area contributed by atoms with Gasteiger partial charge in [0.1, 0.15) is 11.9 Å². The third-order valence-electron chi connectivity index (χ3n) is 4.12. The number of anilines is 1. The number of halogens is 2. The van der Waals surface area contributed by atoms with Crippen LogP contribution in [0.4, 0.5) is 10.1 Å². The molecule has 3 rings (SSSR count). The van der Waals surface area contributed by atoms with Crippen LogP contribution in [0.15, 0.2) is 42.5 Å². The van der Waals surface area contributed by atoms with Crippen molar-refractivity contribution in [1.82, 2.24) is 4.31 Å². The number of rotatable bonds is 3. The summed E-state index contributed by atoms with van der Waals surface area (Å²) in [5.74, 6) is -1.08. The van der Waals surface area contributed by atoms with Gasteiger partial charge < -0.3 is 5.32 Å². The van der Waals surface area contributed by atoms with E-state index in [-0.39, 0.29) is 18.0 Å². The predicted octanol–water partition coefficient (Wildman–Crippen LogP) is 2.80. The van der Waals surface area contributed by atoms with Crippen LogP contribution in [0, 0.1) is 5.82 Å². The molecule has 8 heteroatoms. The molecule has 1 aliphatic heterocycles. The molecule has 1 amide bonds. The largest absolute Gasteiger partial charge is 0.325 e. The summed E-state index contributed by atoms with van der Waals surface area (Å²) in [4.78, 5) is 12.7. The summed E-state index contributed by atoms with van der Waals surface area (Å²) in [6, 6.07) is 10.3. The third-order valence-corrected chi connectivity index (χ3v) is 5.65. The van der Waals surface area contributed by atoms with Crippen molar-refractivity contribution in [3.8, 4) is 0 Å². The molecule has 0 aliphatic carbocycles. The maximum atomic E-state index is 13.2. The number of nitrogens with zero attached hydrogens (tertiary/aromatic N) is 1. The van der Waals surface area contributed by atoms with E-state index in [0.29, 0.717) is 5.69 Å². The average Bonchev–Trinajstić information content (AvgIpc) is 2.56. The van der Waals surface area contributed by atoms with Crippen LogP contribution in [0.25, 0.3) is 0 Å². The number of amides is 1. The van der Waals surface area contributed by atoms with Crippen LogP contribution in [0.2, 0.25) is 5.02 Å². The Hall–Kier alpha value is -1.96. The first-order valence-electron chi connectivity index (χ1n) is 7.55. The number of fused-ring (bicyclic) bond motifs is 1. The highest BCUT2D eigenvalue weighted by atomic mass is 35.5. The Labute approximate surface area is 150 Å². The molecule has 0 radical (unpaired) electrons. The van der Waals surface area contributed by atoms with Gasteiger partial charge in [-0.25, -0.2) is 12.8 Å². The van der Waals surface area contributed by atoms with Crippen molar-refractivity contribution in [3.05, 3.63) is 64.4 Å². The summed E-state index contributed by atoms with van der Waals surface area (Å²) in [5, 5.41) is 2.50. The van der Waals surface area contributed by atoms with Crippen molar-refractivity contribution in [1.29, 1.82) is 0 Å². The molecule has 2 aromatic carbocycles. The molecule has 0 aromatic heterocycles. The van der Waals surface area contributed by atoms with E-state index < -0.39 is 27.8 Å². The predicted molar refractivity (Wildman–Crippen MR) is 94.4 cm³/mol. The molecule has 5 nitrogen and oxygen atoms in total. The molecular formula is C17H16ClFN2O3S. The summed E-state index contributed by atoms with van der Waals surface area (Å²) in [6.07, 6.45) is 1.35. The summed E-state index contributed by atoms with van der Waals surface area (Å²) >= 11 is 5.72. The quantitative estimate of drug-likeness (QED) is 0.887. The number of hydrogen-bond donors (Lipinski definition) is 1. The van der Waals surface area contributed by atoms with Gasteiger partial charge in [-0.1, -0.05) is 35.9 Å². The lowest BCUT2D eigenvalue weighted by atomic mass is 9.95. The Bertz CT molecular complexity index is 933. The first kappa shape index (κ1) is 17.8. The highest BCUT2D eigenvalue weighted by Crippen LogP contribution is 2.27. The minimum atomic E-state index is -3.58. The van der Waals surface area contributed by atoms with Gasteiger partial charge in [-0.2, -0.15) is 4.31 Å². The maximum Gasteiger partial charge on any atom is 0.243 e. The van der Waals surface area contributed by atoms with E-state index in [0.717, 1.165) is 23.4 Å². The molecule has 0 unspecified atom stereocenters. The Balaban J connectivity index is 1.89. The van der Waals surface area contributed by atoms with Gasteiger partial charge in [0.15, 0.2) is 0 Å². The van der Waals surface area contributed by atoms with Gasteiger partial charge >= 0.3 is 0 Å². The van der Waals surface area contributed by atoms with Crippen molar-refractivity contribution in [2.75, 3.05) is 11.6 Å². The lowest BCUT2D eigenvalue weighted by molar-refractivity contribution is -0.120. The second-order valence-corrected chi connectivity index (χ2v) is 8.26. The fourth-order valence-corrected chi connectivity index (χ4v) is 4.06. The van der Waals surface area contributed by atoms with Crippen molar-refractivity contribution >= 4 is 33.2 Å². The van der Waals surface area contributed by atoms with Gasteiger partial charge in [0.25, 0.3) is 0 Å². The topological polar surface area (TPSA) is 66.5 Å². The maximum absolute atomic E-state index is 13.2. The summed E-state index contributed by atoms with van der Waals surface area (Å²) in [6.45, 7) is 0.136. The second-order valence-electron chi connectivity index (χ2n) is 5.91. The summed E-state index contributed by atoms with van der Waals surface area (Å²) in [7, 11) is -3.58. The van der Waals surface area contributed by atoms with E-state index in [1.54, 1.807) is 0 Å². The standard InChI is InChI=1S/C17H16ClFN2O3S/c1-25(23,24)21-10-12-5-3-2-4-11(12)8-16(21)17(22)20-13-6-7-15(19)14(18)9-13/h2-7,9,16H,8,10H2,1H3,(H,20,22)/t16-/m1/s1. The minimum absolute atomic E-state index is 0.119. The number of carbonyl (C=O) groups is 1. The lowest BCUT2D eigenvalue weighted by Crippen LogP contribution is -2.50. The molecule has 1 N–H and O–H groups in total. The fraction of sp³-hybridized carbons (Fsp3) is 0.235. The zero-order valence-corrected chi connectivity index (χ0v) is 14.9. The van der Waals surface area contributed by atoms with Crippen molar-refractivity contribution < 1.29 is 17.6 Å². The first-order valence-corrected chi connectivity index (χ1v) is 9.78. The smallest absolute Gasteiger partial charge is 0.243 e. The molecule has 1 aliphatic rings. The molecule has 2 aromatic rings. The molecule has 132 valence electrons. The molecule has 0 saturated heterocycles. The third kappa shape index (κ3) is 3.84. The van der Waals surface area contributed by atoms with Crippen LogP contribution < -0.4 is 5.32 Å². The fourth-order valence-electron chi connectivity index (χ4n) is 2.87. The molecule has 0 bridgehead atoms. The highest BCUT2D eigenvalue weighted by Gasteiger charge is 2.36. The normalized spacial score (nSPS) is 17.8. The molecule has 1 heterocycles. The molecule has 0 saturated carbocycles. The molecule has 0 fully saturated rings. The van der Waals surface area contributed by atoms with E-state index in [9.17, 15) is 17.6 Å². The van der Waals surface area contributed by atoms with Gasteiger partial charge in [-0.15, -0.1) is 0 Å². The molecule has 25 heavy (non-hydrogen) atoms. The van der Waals surface area contributed by atoms with E-state index >= 15 is 0 Å². The van der Waals surface area contributed by atoms with Crippen molar-refractivity contribution in [2.24, 2.45) is 0 Å². The molecule has 1 atom stereocenters. The SMILES string of the molecule is CS(=O)(=O)N1Cc2ccccc2C[C@@H]1C(=O)Nc1ccc(F)c(Cl)c1. The van der Waals surface area contributed by atoms with Gasteiger partial charge in [-0.05, 0) is 35.7 Å². The van der Waals surface area contributed by atoms with Crippen LogP contribution in [-0.4, -0.2) is 30.9 Å². The zero-order chi connectivity index (χ0) is 18.2. The Kier molecular flexibility index (Phi) is 4.81. The number of hydrogen-bond acceptors (Lipinski definition) is 3. The van der Waals surface area contributed by atoms with E-state index in [2.05, 4.69) is 5.32 Å². The van der Waals surface area contributed by atoms with E-state index in [4.69, 9.17) is 11.6 Å². The van der Waals surface area contributed by atoms with Crippen molar-refractivity contribution in [3.63, 3.8) is 0 Å². The first-order chi connectivity index (χ1) is 11.8. The van der Waals surface area contributed by atoms with Crippen LogP contribution in [0.1, 0.15) is 11.1 Å². The Morgan fingerprint density at radius 2 is 1.92 bits per heavy atom. The van der Waals surface area contributed by atoms with Gasteiger partial charge in [-0.3, -0.25) is 4.79 Å². The van der Waals surface area contributed by atoms with Gasteiger partial charge in [0, 0.05) is 12.2 Å². The van der Waals surface area contributed by atoms with Gasteiger partial charge in [0.05, 0.1) is 11.3 Å². The van der Waals surface area contributed by atoms with Crippen molar-refractivity contribution in [2.45, 2.75) is 19.0 Å². The number of nitrogens with one attached hydrogen (secondary N) is 1. The average molecular weight is 383 g/mol. The van der Waals surface area contributed by atoms with E-state index in [1.165, 1.54) is 16.4 Å². The van der Waals surface area contributed by atoms with Crippen LogP contribution >= 0.6 is 11.6 Å². The summed E-state index contributed by atoms with van der Waals surface area (Å²) in [5.41, 5.74) is 2.12. The number of sulfonamides is 1. The molecule has 0 spiro atoms. The monoisotopic (exact) mass is 382 g/mol. The lowest BCUT2D eigenvalue weighted by Gasteiger charge is -2.34. The Morgan fingerprint density at radius 3 is 2.56 bits per heavy atom. The minimum Gasteiger partial charge on any atom is -0.325 e. The van der Waals surface area contributed by atoms with Crippen LogP contribution in [-0.2, 0) is 27.8 Å². The highest BCUT2D eigenvalue weighted by molar-refractivity contribution is 7.88. The zero-order valence-electron chi connectivity index (χ0n) is 13.4. The number of carbonyl (C=O) groups excluding carboxylic acids is 1. The van der Waals surface area contributed by atoms with Crippen LogP contribution in [0.3, 0.4) is 0 Å². The number of benzene rings is 2. The van der Waals surface area contributed by atoms with E-state index in [1.807, 2.05) is 24.3 Å². The van der Waals surface area contributed by atoms with Gasteiger partial charge in [0.2, 0.25) is 15.9 Å². The molecular weight excluding hydrogens is 367 g/mol.